The van der Waals surface area contributed by atoms with E-state index in [0.717, 1.165) is 23.0 Å². The minimum absolute atomic E-state index is 0.0467. The summed E-state index contributed by atoms with van der Waals surface area (Å²) >= 11 is 0. The van der Waals surface area contributed by atoms with Gasteiger partial charge in [-0.15, -0.1) is 0 Å². The number of fused-ring (bicyclic) bond motifs is 1. The van der Waals surface area contributed by atoms with Gasteiger partial charge in [0.2, 0.25) is 5.91 Å². The zero-order valence-corrected chi connectivity index (χ0v) is 13.6. The lowest BCUT2D eigenvalue weighted by molar-refractivity contribution is -0.129. The molecule has 24 heavy (non-hydrogen) atoms. The second-order valence-corrected chi connectivity index (χ2v) is 5.82. The molecule has 0 aliphatic carbocycles. The van der Waals surface area contributed by atoms with Crippen LogP contribution in [0.25, 0.3) is 10.9 Å². The molecular formula is C19H20N4O. The maximum Gasteiger partial charge on any atom is 0.228 e. The van der Waals surface area contributed by atoms with Gasteiger partial charge in [0.25, 0.3) is 0 Å². The van der Waals surface area contributed by atoms with Crippen molar-refractivity contribution in [2.24, 2.45) is 0 Å². The number of anilines is 1. The number of pyridine rings is 2. The van der Waals surface area contributed by atoms with Crippen LogP contribution in [-0.2, 0) is 17.6 Å². The average molecular weight is 320 g/mol. The third-order valence-electron chi connectivity index (χ3n) is 4.05. The molecule has 0 radical (unpaired) electrons. The molecule has 0 aliphatic rings. The summed E-state index contributed by atoms with van der Waals surface area (Å²) in [6.45, 7) is 0.665. The highest BCUT2D eigenvalue weighted by molar-refractivity contribution is 5.89. The normalized spacial score (nSPS) is 10.7. The number of carbonyl (C=O) groups excluding carboxylic acids is 1. The number of hydrogen-bond acceptors (Lipinski definition) is 4. The molecule has 0 fully saturated rings. The highest BCUT2D eigenvalue weighted by atomic mass is 16.2. The molecule has 0 saturated carbocycles. The predicted octanol–water partition coefficient (Wildman–Crippen LogP) is 2.46. The van der Waals surface area contributed by atoms with Gasteiger partial charge in [0.1, 0.15) is 0 Å². The monoisotopic (exact) mass is 320 g/mol. The van der Waals surface area contributed by atoms with E-state index in [9.17, 15) is 4.79 Å². The molecule has 0 atom stereocenters. The van der Waals surface area contributed by atoms with Crippen molar-refractivity contribution in [1.82, 2.24) is 14.9 Å². The number of para-hydroxylation sites is 1. The van der Waals surface area contributed by atoms with E-state index in [4.69, 9.17) is 5.73 Å². The summed E-state index contributed by atoms with van der Waals surface area (Å²) in [7, 11) is 1.82. The standard InChI is InChI=1S/C19H20N4O/c1-23(12-9-14-7-10-21-11-8-14)18(24)13-16-6-5-15-3-2-4-17(20)19(15)22-16/h2-8,10-11H,9,12-13,20H2,1H3. The Balaban J connectivity index is 1.64. The molecule has 122 valence electrons. The minimum atomic E-state index is 0.0467. The third-order valence-corrected chi connectivity index (χ3v) is 4.05. The SMILES string of the molecule is CN(CCc1ccncc1)C(=O)Cc1ccc2cccc(N)c2n1. The summed E-state index contributed by atoms with van der Waals surface area (Å²) in [6.07, 6.45) is 4.61. The average Bonchev–Trinajstić information content (AvgIpc) is 2.61. The first-order valence-corrected chi connectivity index (χ1v) is 7.90. The van der Waals surface area contributed by atoms with Gasteiger partial charge in [0, 0.05) is 31.4 Å². The maximum absolute atomic E-state index is 12.4. The molecule has 2 aromatic heterocycles. The largest absolute Gasteiger partial charge is 0.397 e. The fourth-order valence-electron chi connectivity index (χ4n) is 2.57. The number of benzene rings is 1. The summed E-state index contributed by atoms with van der Waals surface area (Å²) in [5.41, 5.74) is 9.25. The van der Waals surface area contributed by atoms with Crippen LogP contribution >= 0.6 is 0 Å². The van der Waals surface area contributed by atoms with Gasteiger partial charge in [0.05, 0.1) is 23.3 Å². The lowest BCUT2D eigenvalue weighted by atomic mass is 10.1. The zero-order chi connectivity index (χ0) is 16.9. The van der Waals surface area contributed by atoms with Gasteiger partial charge in [-0.3, -0.25) is 14.8 Å². The molecular weight excluding hydrogens is 300 g/mol. The number of hydrogen-bond donors (Lipinski definition) is 1. The van der Waals surface area contributed by atoms with E-state index in [-0.39, 0.29) is 12.3 Å². The van der Waals surface area contributed by atoms with Gasteiger partial charge in [-0.1, -0.05) is 18.2 Å². The van der Waals surface area contributed by atoms with Crippen LogP contribution in [0.2, 0.25) is 0 Å². The minimum Gasteiger partial charge on any atom is -0.397 e. The first kappa shape index (κ1) is 15.9. The summed E-state index contributed by atoms with van der Waals surface area (Å²) in [5, 5.41) is 0.984. The molecule has 5 nitrogen and oxygen atoms in total. The summed E-state index contributed by atoms with van der Waals surface area (Å²) < 4.78 is 0. The topological polar surface area (TPSA) is 72.1 Å². The van der Waals surface area contributed by atoms with E-state index >= 15 is 0 Å². The fraction of sp³-hybridized carbons (Fsp3) is 0.211. The van der Waals surface area contributed by atoms with Crippen molar-refractivity contribution >= 4 is 22.5 Å². The first-order valence-electron chi connectivity index (χ1n) is 7.90. The van der Waals surface area contributed by atoms with Crippen molar-refractivity contribution in [3.63, 3.8) is 0 Å². The van der Waals surface area contributed by atoms with Gasteiger partial charge >= 0.3 is 0 Å². The van der Waals surface area contributed by atoms with Crippen LogP contribution in [0.5, 0.6) is 0 Å². The molecule has 5 heteroatoms. The van der Waals surface area contributed by atoms with Crippen molar-refractivity contribution in [2.75, 3.05) is 19.3 Å². The molecule has 0 aliphatic heterocycles. The van der Waals surface area contributed by atoms with Crippen molar-refractivity contribution in [3.8, 4) is 0 Å². The number of aromatic nitrogens is 2. The maximum atomic E-state index is 12.4. The van der Waals surface area contributed by atoms with Crippen LogP contribution < -0.4 is 5.73 Å². The number of nitrogen functional groups attached to an aromatic ring is 1. The van der Waals surface area contributed by atoms with E-state index in [1.54, 1.807) is 17.3 Å². The Bertz CT molecular complexity index is 848. The summed E-state index contributed by atoms with van der Waals surface area (Å²) in [5.74, 6) is 0.0467. The van der Waals surface area contributed by atoms with E-state index in [0.29, 0.717) is 12.2 Å². The van der Waals surface area contributed by atoms with Crippen molar-refractivity contribution in [3.05, 3.63) is 66.1 Å². The quantitative estimate of drug-likeness (QED) is 0.733. The van der Waals surface area contributed by atoms with Crippen molar-refractivity contribution in [2.45, 2.75) is 12.8 Å². The van der Waals surface area contributed by atoms with Crippen molar-refractivity contribution in [1.29, 1.82) is 0 Å². The highest BCUT2D eigenvalue weighted by Crippen LogP contribution is 2.19. The fourth-order valence-corrected chi connectivity index (χ4v) is 2.57. The molecule has 0 unspecified atom stereocenters. The highest BCUT2D eigenvalue weighted by Gasteiger charge is 2.11. The van der Waals surface area contributed by atoms with E-state index in [1.807, 2.05) is 49.5 Å². The molecule has 1 amide bonds. The van der Waals surface area contributed by atoms with Gasteiger partial charge in [-0.05, 0) is 36.2 Å². The number of rotatable bonds is 5. The van der Waals surface area contributed by atoms with Gasteiger partial charge in [0.15, 0.2) is 0 Å². The Morgan fingerprint density at radius 1 is 1.12 bits per heavy atom. The van der Waals surface area contributed by atoms with Crippen LogP contribution in [-0.4, -0.2) is 34.4 Å². The van der Waals surface area contributed by atoms with Crippen LogP contribution in [0.15, 0.2) is 54.9 Å². The summed E-state index contributed by atoms with van der Waals surface area (Å²) in [6, 6.07) is 13.5. The Hall–Kier alpha value is -2.95. The smallest absolute Gasteiger partial charge is 0.228 e. The Morgan fingerprint density at radius 2 is 1.92 bits per heavy atom. The molecule has 0 saturated heterocycles. The molecule has 2 heterocycles. The first-order chi connectivity index (χ1) is 11.6. The lowest BCUT2D eigenvalue weighted by Crippen LogP contribution is -2.30. The van der Waals surface area contributed by atoms with Crippen LogP contribution in [0.1, 0.15) is 11.3 Å². The number of nitrogens with zero attached hydrogens (tertiary/aromatic N) is 3. The number of nitrogens with two attached hydrogens (primary N) is 1. The number of likely N-dealkylation sites (N-methyl/N-ethyl adjacent to an activating group) is 1. The second kappa shape index (κ2) is 7.08. The van der Waals surface area contributed by atoms with E-state index in [1.165, 1.54) is 5.56 Å². The van der Waals surface area contributed by atoms with Gasteiger partial charge in [-0.2, -0.15) is 0 Å². The molecule has 3 aromatic rings. The van der Waals surface area contributed by atoms with Gasteiger partial charge < -0.3 is 10.6 Å². The Kier molecular flexibility index (Phi) is 4.70. The lowest BCUT2D eigenvalue weighted by Gasteiger charge is -2.17. The molecule has 0 bridgehead atoms. The van der Waals surface area contributed by atoms with E-state index in [2.05, 4.69) is 9.97 Å². The van der Waals surface area contributed by atoms with Gasteiger partial charge in [-0.25, -0.2) is 0 Å². The zero-order valence-electron chi connectivity index (χ0n) is 13.6. The van der Waals surface area contributed by atoms with E-state index < -0.39 is 0 Å². The summed E-state index contributed by atoms with van der Waals surface area (Å²) in [4.78, 5) is 22.7. The Morgan fingerprint density at radius 3 is 2.71 bits per heavy atom. The molecule has 2 N–H and O–H groups in total. The van der Waals surface area contributed by atoms with Crippen LogP contribution in [0.4, 0.5) is 5.69 Å². The Labute approximate surface area is 141 Å². The predicted molar refractivity (Wildman–Crippen MR) is 95.4 cm³/mol. The number of carbonyl (C=O) groups is 1. The molecule has 3 rings (SSSR count). The van der Waals surface area contributed by atoms with Crippen LogP contribution in [0, 0.1) is 0 Å². The third kappa shape index (κ3) is 3.68. The molecule has 0 spiro atoms. The molecule has 1 aromatic carbocycles. The second-order valence-electron chi connectivity index (χ2n) is 5.82. The number of amides is 1. The van der Waals surface area contributed by atoms with Crippen molar-refractivity contribution < 1.29 is 4.79 Å². The van der Waals surface area contributed by atoms with Crippen LogP contribution in [0.3, 0.4) is 0 Å².